The number of halogens is 4. The van der Waals surface area contributed by atoms with Crippen molar-refractivity contribution in [3.05, 3.63) is 63.9 Å². The molecule has 0 unspecified atom stereocenters. The average molecular weight is 399 g/mol. The Morgan fingerprint density at radius 3 is 2.52 bits per heavy atom. The minimum absolute atomic E-state index is 0.00388. The zero-order chi connectivity index (χ0) is 20.2. The first-order valence-electron chi connectivity index (χ1n) is 8.19. The molecule has 0 spiro atoms. The number of nitrogens with one attached hydrogen (secondary N) is 1. The van der Waals surface area contributed by atoms with Crippen LogP contribution in [0.25, 0.3) is 0 Å². The van der Waals surface area contributed by atoms with Crippen molar-refractivity contribution in [2.24, 2.45) is 5.92 Å². The summed E-state index contributed by atoms with van der Waals surface area (Å²) in [4.78, 5) is 28.2. The quantitative estimate of drug-likeness (QED) is 0.782. The maximum absolute atomic E-state index is 12.8. The second kappa shape index (κ2) is 8.52. The molecule has 1 heterocycles. The first-order valence-corrected chi connectivity index (χ1v) is 8.57. The van der Waals surface area contributed by atoms with Gasteiger partial charge in [-0.25, -0.2) is 0 Å². The summed E-state index contributed by atoms with van der Waals surface area (Å²) in [6.07, 6.45) is -2.97. The SMILES string of the molecule is CC(C)C(=O)Cc1cc(C(=O)NCc2cc(C(F)(F)F)ccc2Cl)ccn1. The zero-order valence-corrected chi connectivity index (χ0v) is 15.5. The van der Waals surface area contributed by atoms with Gasteiger partial charge < -0.3 is 5.32 Å². The van der Waals surface area contributed by atoms with Gasteiger partial charge in [-0.2, -0.15) is 13.2 Å². The number of pyridine rings is 1. The van der Waals surface area contributed by atoms with E-state index in [0.717, 1.165) is 18.2 Å². The average Bonchev–Trinajstić information content (AvgIpc) is 2.59. The predicted molar refractivity (Wildman–Crippen MR) is 95.4 cm³/mol. The molecule has 1 aromatic carbocycles. The highest BCUT2D eigenvalue weighted by atomic mass is 35.5. The number of carbonyl (C=O) groups is 2. The van der Waals surface area contributed by atoms with Crippen LogP contribution in [0, 0.1) is 5.92 Å². The van der Waals surface area contributed by atoms with Crippen molar-refractivity contribution in [1.82, 2.24) is 10.3 Å². The monoisotopic (exact) mass is 398 g/mol. The number of amides is 1. The van der Waals surface area contributed by atoms with Gasteiger partial charge in [-0.1, -0.05) is 25.4 Å². The number of aromatic nitrogens is 1. The van der Waals surface area contributed by atoms with Crippen LogP contribution in [0.3, 0.4) is 0 Å². The lowest BCUT2D eigenvalue weighted by atomic mass is 10.0. The molecule has 0 atom stereocenters. The Morgan fingerprint density at radius 2 is 1.89 bits per heavy atom. The van der Waals surface area contributed by atoms with Crippen molar-refractivity contribution >= 4 is 23.3 Å². The summed E-state index contributed by atoms with van der Waals surface area (Å²) < 4.78 is 38.4. The molecule has 0 saturated carbocycles. The van der Waals surface area contributed by atoms with E-state index in [1.54, 1.807) is 13.8 Å². The fourth-order valence-corrected chi connectivity index (χ4v) is 2.45. The summed E-state index contributed by atoms with van der Waals surface area (Å²) in [6, 6.07) is 5.89. The van der Waals surface area contributed by atoms with E-state index < -0.39 is 17.6 Å². The molecule has 0 bridgehead atoms. The van der Waals surface area contributed by atoms with Crippen LogP contribution in [0.2, 0.25) is 5.02 Å². The van der Waals surface area contributed by atoms with Crippen LogP contribution in [-0.4, -0.2) is 16.7 Å². The molecule has 144 valence electrons. The molecule has 1 N–H and O–H groups in total. The minimum Gasteiger partial charge on any atom is -0.348 e. The summed E-state index contributed by atoms with van der Waals surface area (Å²) in [6.45, 7) is 3.39. The van der Waals surface area contributed by atoms with Crippen LogP contribution in [-0.2, 0) is 23.9 Å². The van der Waals surface area contributed by atoms with Crippen molar-refractivity contribution in [3.8, 4) is 0 Å². The molecule has 1 amide bonds. The van der Waals surface area contributed by atoms with Crippen molar-refractivity contribution in [2.45, 2.75) is 33.0 Å². The Morgan fingerprint density at radius 1 is 1.19 bits per heavy atom. The molecule has 0 aliphatic heterocycles. The van der Waals surface area contributed by atoms with Crippen LogP contribution in [0.15, 0.2) is 36.5 Å². The van der Waals surface area contributed by atoms with Crippen LogP contribution in [0.1, 0.15) is 41.0 Å². The van der Waals surface area contributed by atoms with Gasteiger partial charge >= 0.3 is 6.18 Å². The molecule has 4 nitrogen and oxygen atoms in total. The van der Waals surface area contributed by atoms with Gasteiger partial charge in [0.2, 0.25) is 0 Å². The van der Waals surface area contributed by atoms with Crippen molar-refractivity contribution < 1.29 is 22.8 Å². The van der Waals surface area contributed by atoms with Crippen molar-refractivity contribution in [2.75, 3.05) is 0 Å². The highest BCUT2D eigenvalue weighted by Gasteiger charge is 2.30. The van der Waals surface area contributed by atoms with Gasteiger partial charge in [-0.15, -0.1) is 0 Å². The van der Waals surface area contributed by atoms with Crippen LogP contribution >= 0.6 is 11.6 Å². The van der Waals surface area contributed by atoms with Crippen LogP contribution < -0.4 is 5.32 Å². The van der Waals surface area contributed by atoms with E-state index in [4.69, 9.17) is 11.6 Å². The number of hydrogen-bond acceptors (Lipinski definition) is 3. The van der Waals surface area contributed by atoms with E-state index in [-0.39, 0.29) is 40.8 Å². The Bertz CT molecular complexity index is 851. The second-order valence-electron chi connectivity index (χ2n) is 6.32. The molecule has 8 heteroatoms. The largest absolute Gasteiger partial charge is 0.416 e. The van der Waals surface area contributed by atoms with E-state index in [2.05, 4.69) is 10.3 Å². The van der Waals surface area contributed by atoms with Crippen molar-refractivity contribution in [1.29, 1.82) is 0 Å². The molecule has 0 radical (unpaired) electrons. The number of ketones is 1. The standard InChI is InChI=1S/C19H18ClF3N2O2/c1-11(2)17(26)9-15-8-12(5-6-24-15)18(27)25-10-13-7-14(19(21,22)23)3-4-16(13)20/h3-8,11H,9-10H2,1-2H3,(H,25,27). The van der Waals surface area contributed by atoms with E-state index in [9.17, 15) is 22.8 Å². The molecule has 0 aliphatic carbocycles. The first-order chi connectivity index (χ1) is 12.6. The van der Waals surface area contributed by atoms with E-state index in [1.165, 1.54) is 18.3 Å². The van der Waals surface area contributed by atoms with Gasteiger partial charge in [0.15, 0.2) is 0 Å². The number of rotatable bonds is 6. The lowest BCUT2D eigenvalue weighted by molar-refractivity contribution is -0.137. The van der Waals surface area contributed by atoms with E-state index in [1.807, 2.05) is 0 Å². The Hall–Kier alpha value is -2.41. The Labute approximate surface area is 159 Å². The van der Waals surface area contributed by atoms with Gasteiger partial charge in [0.05, 0.1) is 5.56 Å². The molecular weight excluding hydrogens is 381 g/mol. The number of carbonyl (C=O) groups excluding carboxylic acids is 2. The maximum Gasteiger partial charge on any atom is 0.416 e. The lowest BCUT2D eigenvalue weighted by Gasteiger charge is -2.12. The molecule has 2 aromatic rings. The Balaban J connectivity index is 2.09. The smallest absolute Gasteiger partial charge is 0.348 e. The second-order valence-corrected chi connectivity index (χ2v) is 6.73. The van der Waals surface area contributed by atoms with Gasteiger partial charge in [-0.05, 0) is 35.9 Å². The summed E-state index contributed by atoms with van der Waals surface area (Å²) >= 11 is 5.92. The normalized spacial score (nSPS) is 11.5. The molecule has 0 fully saturated rings. The topological polar surface area (TPSA) is 59.1 Å². The van der Waals surface area contributed by atoms with Gasteiger partial charge in [0.25, 0.3) is 5.91 Å². The summed E-state index contributed by atoms with van der Waals surface area (Å²) in [5.41, 5.74) is 0.0387. The van der Waals surface area contributed by atoms with Crippen molar-refractivity contribution in [3.63, 3.8) is 0 Å². The Kier molecular flexibility index (Phi) is 6.59. The molecule has 1 aromatic heterocycles. The molecule has 0 saturated heterocycles. The third-order valence-electron chi connectivity index (χ3n) is 3.89. The maximum atomic E-state index is 12.8. The van der Waals surface area contributed by atoms with Gasteiger partial charge in [0.1, 0.15) is 5.78 Å². The van der Waals surface area contributed by atoms with E-state index >= 15 is 0 Å². The third-order valence-corrected chi connectivity index (χ3v) is 4.26. The fourth-order valence-electron chi connectivity index (χ4n) is 2.26. The van der Waals surface area contributed by atoms with Crippen LogP contribution in [0.4, 0.5) is 13.2 Å². The number of nitrogens with zero attached hydrogens (tertiary/aromatic N) is 1. The summed E-state index contributed by atoms with van der Waals surface area (Å²) in [5, 5.41) is 2.66. The zero-order valence-electron chi connectivity index (χ0n) is 14.7. The summed E-state index contributed by atoms with van der Waals surface area (Å²) in [5.74, 6) is -0.646. The number of hydrogen-bond donors (Lipinski definition) is 1. The highest BCUT2D eigenvalue weighted by Crippen LogP contribution is 2.31. The van der Waals surface area contributed by atoms with Crippen LogP contribution in [0.5, 0.6) is 0 Å². The predicted octanol–water partition coefficient (Wildman–Crippen LogP) is 4.45. The lowest BCUT2D eigenvalue weighted by Crippen LogP contribution is -2.23. The fraction of sp³-hybridized carbons (Fsp3) is 0.316. The molecule has 2 rings (SSSR count). The summed E-state index contributed by atoms with van der Waals surface area (Å²) in [7, 11) is 0. The number of Topliss-reactive ketones (excluding diaryl/α,β-unsaturated/α-hetero) is 1. The van der Waals surface area contributed by atoms with Gasteiger partial charge in [0, 0.05) is 41.4 Å². The third kappa shape index (κ3) is 5.79. The first kappa shape index (κ1) is 20.9. The molecule has 0 aliphatic rings. The molecule has 27 heavy (non-hydrogen) atoms. The minimum atomic E-state index is -4.49. The number of benzene rings is 1. The number of alkyl halides is 3. The van der Waals surface area contributed by atoms with Gasteiger partial charge in [-0.3, -0.25) is 14.6 Å². The van der Waals surface area contributed by atoms with E-state index in [0.29, 0.717) is 5.69 Å². The highest BCUT2D eigenvalue weighted by molar-refractivity contribution is 6.31. The molecular formula is C19H18ClF3N2O2.